The lowest BCUT2D eigenvalue weighted by Crippen LogP contribution is -2.51. The monoisotopic (exact) mass is 315 g/mol. The Balaban J connectivity index is 1.66. The highest BCUT2D eigenvalue weighted by Crippen LogP contribution is 2.28. The smallest absolute Gasteiger partial charge is 0.317 e. The number of carbonyl (C=O) groups excluding carboxylic acids is 3. The molecule has 1 aromatic rings. The van der Waals surface area contributed by atoms with Gasteiger partial charge in [-0.05, 0) is 38.8 Å². The summed E-state index contributed by atoms with van der Waals surface area (Å²) in [6.07, 6.45) is 1.24. The first-order valence-corrected chi connectivity index (χ1v) is 8.01. The molecular weight excluding hydrogens is 294 g/mol. The molecule has 2 heterocycles. The molecule has 6 nitrogen and oxygen atoms in total. The standard InChI is InChI=1S/C17H21N3O3/c1-11(2)18-17(23)19-9-7-12(8-10-19)20-15(21)13-5-3-4-6-14(13)16(20)22/h3-6,11-12H,7-10H2,1-2H3,(H,18,23). The van der Waals surface area contributed by atoms with Gasteiger partial charge >= 0.3 is 6.03 Å². The summed E-state index contributed by atoms with van der Waals surface area (Å²) in [4.78, 5) is 40.1. The average Bonchev–Trinajstić information content (AvgIpc) is 2.79. The highest BCUT2D eigenvalue weighted by Gasteiger charge is 2.41. The van der Waals surface area contributed by atoms with E-state index in [1.54, 1.807) is 29.2 Å². The van der Waals surface area contributed by atoms with Gasteiger partial charge in [0, 0.05) is 25.2 Å². The SMILES string of the molecule is CC(C)NC(=O)N1CCC(N2C(=O)c3ccccc3C2=O)CC1. The van der Waals surface area contributed by atoms with Crippen LogP contribution in [-0.2, 0) is 0 Å². The fourth-order valence-corrected chi connectivity index (χ4v) is 3.20. The van der Waals surface area contributed by atoms with Gasteiger partial charge in [-0.15, -0.1) is 0 Å². The van der Waals surface area contributed by atoms with E-state index in [2.05, 4.69) is 5.32 Å². The Kier molecular flexibility index (Phi) is 4.07. The third kappa shape index (κ3) is 2.81. The van der Waals surface area contributed by atoms with Crippen molar-refractivity contribution >= 4 is 17.8 Å². The van der Waals surface area contributed by atoms with Crippen molar-refractivity contribution < 1.29 is 14.4 Å². The zero-order valence-electron chi connectivity index (χ0n) is 13.4. The van der Waals surface area contributed by atoms with Gasteiger partial charge in [0.1, 0.15) is 0 Å². The van der Waals surface area contributed by atoms with Gasteiger partial charge in [0.2, 0.25) is 0 Å². The molecule has 0 radical (unpaired) electrons. The number of fused-ring (bicyclic) bond motifs is 1. The van der Waals surface area contributed by atoms with Gasteiger partial charge in [0.25, 0.3) is 11.8 Å². The van der Waals surface area contributed by atoms with Crippen molar-refractivity contribution in [2.75, 3.05) is 13.1 Å². The minimum absolute atomic E-state index is 0.0826. The van der Waals surface area contributed by atoms with Crippen LogP contribution in [0.1, 0.15) is 47.4 Å². The molecule has 6 heteroatoms. The summed E-state index contributed by atoms with van der Waals surface area (Å²) in [5.41, 5.74) is 0.968. The van der Waals surface area contributed by atoms with E-state index in [0.29, 0.717) is 37.1 Å². The number of rotatable bonds is 2. The molecule has 1 N–H and O–H groups in total. The Labute approximate surface area is 135 Å². The molecule has 0 atom stereocenters. The molecule has 0 aliphatic carbocycles. The average molecular weight is 315 g/mol. The van der Waals surface area contributed by atoms with Crippen LogP contribution in [0.4, 0.5) is 4.79 Å². The number of piperidine rings is 1. The summed E-state index contributed by atoms with van der Waals surface area (Å²) in [5.74, 6) is -0.425. The maximum Gasteiger partial charge on any atom is 0.317 e. The van der Waals surface area contributed by atoms with Gasteiger partial charge in [0.05, 0.1) is 11.1 Å². The lowest BCUT2D eigenvalue weighted by atomic mass is 10.0. The summed E-state index contributed by atoms with van der Waals surface area (Å²) in [6.45, 7) is 4.94. The fourth-order valence-electron chi connectivity index (χ4n) is 3.20. The number of nitrogens with one attached hydrogen (secondary N) is 1. The van der Waals surface area contributed by atoms with Crippen LogP contribution in [-0.4, -0.2) is 52.8 Å². The van der Waals surface area contributed by atoms with Gasteiger partial charge in [0.15, 0.2) is 0 Å². The number of hydrogen-bond donors (Lipinski definition) is 1. The van der Waals surface area contributed by atoms with E-state index < -0.39 is 0 Å². The lowest BCUT2D eigenvalue weighted by molar-refractivity contribution is 0.0522. The molecule has 2 aliphatic heterocycles. The molecular formula is C17H21N3O3. The molecule has 0 spiro atoms. The van der Waals surface area contributed by atoms with Crippen molar-refractivity contribution in [3.05, 3.63) is 35.4 Å². The second-order valence-corrected chi connectivity index (χ2v) is 6.35. The summed E-state index contributed by atoms with van der Waals surface area (Å²) in [7, 11) is 0. The van der Waals surface area contributed by atoms with Gasteiger partial charge in [-0.3, -0.25) is 14.5 Å². The predicted molar refractivity (Wildman–Crippen MR) is 85.2 cm³/mol. The fraction of sp³-hybridized carbons (Fsp3) is 0.471. The quantitative estimate of drug-likeness (QED) is 0.847. The summed E-state index contributed by atoms with van der Waals surface area (Å²) in [5, 5.41) is 2.87. The summed E-state index contributed by atoms with van der Waals surface area (Å²) < 4.78 is 0. The second-order valence-electron chi connectivity index (χ2n) is 6.35. The molecule has 1 fully saturated rings. The van der Waals surface area contributed by atoms with Crippen molar-refractivity contribution in [3.8, 4) is 0 Å². The number of amides is 4. The molecule has 1 saturated heterocycles. The maximum absolute atomic E-state index is 12.5. The van der Waals surface area contributed by atoms with Crippen molar-refractivity contribution in [1.29, 1.82) is 0 Å². The molecule has 0 unspecified atom stereocenters. The third-order valence-corrected chi connectivity index (χ3v) is 4.35. The van der Waals surface area contributed by atoms with Crippen LogP contribution in [0.2, 0.25) is 0 Å². The van der Waals surface area contributed by atoms with E-state index in [0.717, 1.165) is 0 Å². The van der Waals surface area contributed by atoms with E-state index in [-0.39, 0.29) is 29.9 Å². The molecule has 23 heavy (non-hydrogen) atoms. The van der Waals surface area contributed by atoms with E-state index >= 15 is 0 Å². The van der Waals surface area contributed by atoms with Gasteiger partial charge in [-0.1, -0.05) is 12.1 Å². The molecule has 2 aliphatic rings. The second kappa shape index (κ2) is 6.02. The first kappa shape index (κ1) is 15.5. The zero-order valence-corrected chi connectivity index (χ0v) is 13.4. The summed E-state index contributed by atoms with van der Waals surface area (Å²) >= 11 is 0. The van der Waals surface area contributed by atoms with E-state index in [4.69, 9.17) is 0 Å². The topological polar surface area (TPSA) is 69.7 Å². The van der Waals surface area contributed by atoms with Crippen molar-refractivity contribution in [2.45, 2.75) is 38.8 Å². The number of carbonyl (C=O) groups is 3. The Morgan fingerprint density at radius 3 is 2.09 bits per heavy atom. The Bertz CT molecular complexity index is 613. The lowest BCUT2D eigenvalue weighted by Gasteiger charge is -2.36. The maximum atomic E-state index is 12.5. The minimum Gasteiger partial charge on any atom is -0.336 e. The van der Waals surface area contributed by atoms with E-state index in [9.17, 15) is 14.4 Å². The molecule has 0 aromatic heterocycles. The Morgan fingerprint density at radius 2 is 1.61 bits per heavy atom. The number of hydrogen-bond acceptors (Lipinski definition) is 3. The first-order valence-electron chi connectivity index (χ1n) is 8.01. The van der Waals surface area contributed by atoms with Gasteiger partial charge < -0.3 is 10.2 Å². The zero-order chi connectivity index (χ0) is 16.6. The van der Waals surface area contributed by atoms with Crippen LogP contribution in [0.15, 0.2) is 24.3 Å². The van der Waals surface area contributed by atoms with Crippen molar-refractivity contribution in [3.63, 3.8) is 0 Å². The predicted octanol–water partition coefficient (Wildman–Crippen LogP) is 1.86. The molecule has 1 aromatic carbocycles. The number of likely N-dealkylation sites (tertiary alicyclic amines) is 1. The van der Waals surface area contributed by atoms with Gasteiger partial charge in [-0.2, -0.15) is 0 Å². The Morgan fingerprint density at radius 1 is 1.09 bits per heavy atom. The molecule has 122 valence electrons. The molecule has 0 saturated carbocycles. The van der Waals surface area contributed by atoms with Crippen LogP contribution in [0.25, 0.3) is 0 Å². The highest BCUT2D eigenvalue weighted by molar-refractivity contribution is 6.21. The number of urea groups is 1. The minimum atomic E-state index is -0.212. The highest BCUT2D eigenvalue weighted by atomic mass is 16.2. The van der Waals surface area contributed by atoms with E-state index in [1.807, 2.05) is 13.8 Å². The number of nitrogens with zero attached hydrogens (tertiary/aromatic N) is 2. The Hall–Kier alpha value is -2.37. The normalized spacial score (nSPS) is 18.6. The van der Waals surface area contributed by atoms with Crippen molar-refractivity contribution in [1.82, 2.24) is 15.1 Å². The molecule has 4 amide bonds. The first-order chi connectivity index (χ1) is 11.0. The third-order valence-electron chi connectivity index (χ3n) is 4.35. The van der Waals surface area contributed by atoms with Crippen LogP contribution in [0.5, 0.6) is 0 Å². The summed E-state index contributed by atoms with van der Waals surface area (Å²) in [6, 6.07) is 6.81. The van der Waals surface area contributed by atoms with Crippen LogP contribution >= 0.6 is 0 Å². The van der Waals surface area contributed by atoms with Crippen molar-refractivity contribution in [2.24, 2.45) is 0 Å². The van der Waals surface area contributed by atoms with Crippen LogP contribution in [0.3, 0.4) is 0 Å². The molecule has 3 rings (SSSR count). The molecule has 0 bridgehead atoms. The number of imide groups is 1. The van der Waals surface area contributed by atoms with E-state index in [1.165, 1.54) is 4.90 Å². The number of benzene rings is 1. The van der Waals surface area contributed by atoms with Gasteiger partial charge in [-0.25, -0.2) is 4.79 Å². The van der Waals surface area contributed by atoms with Crippen LogP contribution < -0.4 is 5.32 Å². The van der Waals surface area contributed by atoms with Crippen LogP contribution in [0, 0.1) is 0 Å². The largest absolute Gasteiger partial charge is 0.336 e.